The lowest BCUT2D eigenvalue weighted by Crippen LogP contribution is -2.30. The zero-order chi connectivity index (χ0) is 14.0. The summed E-state index contributed by atoms with van der Waals surface area (Å²) in [6.45, 7) is 4.11. The van der Waals surface area contributed by atoms with Gasteiger partial charge >= 0.3 is 0 Å². The molecule has 1 heterocycles. The van der Waals surface area contributed by atoms with Crippen molar-refractivity contribution in [2.75, 3.05) is 18.9 Å². The lowest BCUT2D eigenvalue weighted by molar-refractivity contribution is 0.0564. The van der Waals surface area contributed by atoms with Crippen LogP contribution in [0.1, 0.15) is 56.6 Å². The monoisotopic (exact) mass is 271 g/mol. The minimum atomic E-state index is 0.246. The van der Waals surface area contributed by atoms with Crippen LogP contribution >= 0.6 is 0 Å². The number of anilines is 1. The third kappa shape index (κ3) is 2.62. The highest BCUT2D eigenvalue weighted by Crippen LogP contribution is 2.38. The SMILES string of the molecule is CC1(c2ccc(N)c(C3=CCCCC3)c2)CCOCC1. The summed E-state index contributed by atoms with van der Waals surface area (Å²) in [5.41, 5.74) is 11.6. The Morgan fingerprint density at radius 1 is 1.15 bits per heavy atom. The molecule has 0 atom stereocenters. The fourth-order valence-corrected chi connectivity index (χ4v) is 3.40. The van der Waals surface area contributed by atoms with Gasteiger partial charge in [-0.3, -0.25) is 0 Å². The summed E-state index contributed by atoms with van der Waals surface area (Å²) in [5.74, 6) is 0. The molecule has 108 valence electrons. The van der Waals surface area contributed by atoms with E-state index in [0.29, 0.717) is 0 Å². The van der Waals surface area contributed by atoms with Crippen LogP contribution in [0.25, 0.3) is 5.57 Å². The minimum Gasteiger partial charge on any atom is -0.398 e. The molecule has 1 aliphatic heterocycles. The van der Waals surface area contributed by atoms with Gasteiger partial charge in [0.2, 0.25) is 0 Å². The zero-order valence-electron chi connectivity index (χ0n) is 12.5. The summed E-state index contributed by atoms with van der Waals surface area (Å²) >= 11 is 0. The first-order chi connectivity index (χ1) is 9.69. The molecule has 1 fully saturated rings. The molecule has 0 spiro atoms. The van der Waals surface area contributed by atoms with E-state index in [1.54, 1.807) is 0 Å². The van der Waals surface area contributed by atoms with E-state index in [9.17, 15) is 0 Å². The van der Waals surface area contributed by atoms with Crippen molar-refractivity contribution in [1.29, 1.82) is 0 Å². The number of nitrogens with two attached hydrogens (primary N) is 1. The summed E-state index contributed by atoms with van der Waals surface area (Å²) in [6, 6.07) is 6.66. The molecule has 2 aliphatic rings. The van der Waals surface area contributed by atoms with Crippen LogP contribution < -0.4 is 5.73 Å². The molecule has 0 bridgehead atoms. The highest BCUT2D eigenvalue weighted by molar-refractivity contribution is 5.76. The van der Waals surface area contributed by atoms with E-state index in [1.807, 2.05) is 0 Å². The summed E-state index contributed by atoms with van der Waals surface area (Å²) in [6.07, 6.45) is 9.58. The van der Waals surface area contributed by atoms with Crippen LogP contribution in [0.3, 0.4) is 0 Å². The number of hydrogen-bond acceptors (Lipinski definition) is 2. The lowest BCUT2D eigenvalue weighted by atomic mass is 9.75. The second-order valence-electron chi connectivity index (χ2n) is 6.45. The molecular formula is C18H25NO. The number of benzene rings is 1. The van der Waals surface area contributed by atoms with Gasteiger partial charge < -0.3 is 10.5 Å². The van der Waals surface area contributed by atoms with Gasteiger partial charge in [-0.05, 0) is 67.2 Å². The molecule has 0 aromatic heterocycles. The quantitative estimate of drug-likeness (QED) is 0.814. The summed E-state index contributed by atoms with van der Waals surface area (Å²) in [5, 5.41) is 0. The first-order valence-electron chi connectivity index (χ1n) is 7.86. The Kier molecular flexibility index (Phi) is 3.84. The maximum absolute atomic E-state index is 6.23. The maximum atomic E-state index is 6.23. The average Bonchev–Trinajstić information content (AvgIpc) is 2.49. The van der Waals surface area contributed by atoms with Crippen molar-refractivity contribution in [2.24, 2.45) is 0 Å². The Labute approximate surface area is 122 Å². The molecular weight excluding hydrogens is 246 g/mol. The van der Waals surface area contributed by atoms with E-state index in [0.717, 1.165) is 31.7 Å². The third-order valence-electron chi connectivity index (χ3n) is 4.98. The molecule has 1 aliphatic carbocycles. The number of nitrogen functional groups attached to an aromatic ring is 1. The van der Waals surface area contributed by atoms with Crippen LogP contribution in [0.2, 0.25) is 0 Å². The molecule has 3 rings (SSSR count). The highest BCUT2D eigenvalue weighted by Gasteiger charge is 2.29. The van der Waals surface area contributed by atoms with Crippen LogP contribution in [0.15, 0.2) is 24.3 Å². The zero-order valence-corrected chi connectivity index (χ0v) is 12.5. The first kappa shape index (κ1) is 13.7. The number of ether oxygens (including phenoxy) is 1. The van der Waals surface area contributed by atoms with Crippen LogP contribution in [-0.2, 0) is 10.2 Å². The number of rotatable bonds is 2. The third-order valence-corrected chi connectivity index (χ3v) is 4.98. The number of allylic oxidation sites excluding steroid dienone is 2. The van der Waals surface area contributed by atoms with Gasteiger partial charge in [0.1, 0.15) is 0 Å². The highest BCUT2D eigenvalue weighted by atomic mass is 16.5. The van der Waals surface area contributed by atoms with Gasteiger partial charge in [0, 0.05) is 24.5 Å². The Morgan fingerprint density at radius 3 is 2.65 bits per heavy atom. The predicted molar refractivity (Wildman–Crippen MR) is 84.7 cm³/mol. The molecule has 1 saturated heterocycles. The minimum absolute atomic E-state index is 0.246. The Balaban J connectivity index is 1.95. The summed E-state index contributed by atoms with van der Waals surface area (Å²) < 4.78 is 5.52. The van der Waals surface area contributed by atoms with Gasteiger partial charge in [-0.1, -0.05) is 19.1 Å². The van der Waals surface area contributed by atoms with Gasteiger partial charge in [-0.15, -0.1) is 0 Å². The molecule has 1 aromatic carbocycles. The Morgan fingerprint density at radius 2 is 1.95 bits per heavy atom. The molecule has 2 nitrogen and oxygen atoms in total. The van der Waals surface area contributed by atoms with Gasteiger partial charge in [0.15, 0.2) is 0 Å². The van der Waals surface area contributed by atoms with Gasteiger partial charge in [0.25, 0.3) is 0 Å². The van der Waals surface area contributed by atoms with Gasteiger partial charge in [-0.25, -0.2) is 0 Å². The van der Waals surface area contributed by atoms with Crippen molar-refractivity contribution in [3.63, 3.8) is 0 Å². The van der Waals surface area contributed by atoms with E-state index in [2.05, 4.69) is 31.2 Å². The Bertz CT molecular complexity index is 512. The fourth-order valence-electron chi connectivity index (χ4n) is 3.40. The molecule has 2 heteroatoms. The average molecular weight is 271 g/mol. The van der Waals surface area contributed by atoms with Gasteiger partial charge in [-0.2, -0.15) is 0 Å². The lowest BCUT2D eigenvalue weighted by Gasteiger charge is -2.34. The van der Waals surface area contributed by atoms with Crippen molar-refractivity contribution in [3.05, 3.63) is 35.4 Å². The van der Waals surface area contributed by atoms with Crippen molar-refractivity contribution >= 4 is 11.3 Å². The molecule has 0 unspecified atom stereocenters. The van der Waals surface area contributed by atoms with Crippen molar-refractivity contribution in [1.82, 2.24) is 0 Å². The van der Waals surface area contributed by atoms with E-state index in [-0.39, 0.29) is 5.41 Å². The van der Waals surface area contributed by atoms with Crippen LogP contribution in [0.4, 0.5) is 5.69 Å². The fraction of sp³-hybridized carbons (Fsp3) is 0.556. The molecule has 2 N–H and O–H groups in total. The molecule has 0 amide bonds. The topological polar surface area (TPSA) is 35.2 Å². The number of hydrogen-bond donors (Lipinski definition) is 1. The smallest absolute Gasteiger partial charge is 0.0474 e. The summed E-state index contributed by atoms with van der Waals surface area (Å²) in [7, 11) is 0. The van der Waals surface area contributed by atoms with Crippen LogP contribution in [0, 0.1) is 0 Å². The van der Waals surface area contributed by atoms with Crippen molar-refractivity contribution < 1.29 is 4.74 Å². The van der Waals surface area contributed by atoms with E-state index in [4.69, 9.17) is 10.5 Å². The summed E-state index contributed by atoms with van der Waals surface area (Å²) in [4.78, 5) is 0. The van der Waals surface area contributed by atoms with Crippen molar-refractivity contribution in [2.45, 2.75) is 50.9 Å². The van der Waals surface area contributed by atoms with E-state index >= 15 is 0 Å². The largest absolute Gasteiger partial charge is 0.398 e. The van der Waals surface area contributed by atoms with Crippen LogP contribution in [-0.4, -0.2) is 13.2 Å². The van der Waals surface area contributed by atoms with Crippen molar-refractivity contribution in [3.8, 4) is 0 Å². The predicted octanol–water partition coefficient (Wildman–Crippen LogP) is 4.29. The molecule has 1 aromatic rings. The van der Waals surface area contributed by atoms with Gasteiger partial charge in [0.05, 0.1) is 0 Å². The van der Waals surface area contributed by atoms with E-state index in [1.165, 1.54) is 42.4 Å². The standard InChI is InChI=1S/C18H25NO/c1-18(9-11-20-12-10-18)15-7-8-17(19)16(13-15)14-5-3-2-4-6-14/h5,7-8,13H,2-4,6,9-12,19H2,1H3. The van der Waals surface area contributed by atoms with E-state index < -0.39 is 0 Å². The molecule has 20 heavy (non-hydrogen) atoms. The second kappa shape index (κ2) is 5.61. The van der Waals surface area contributed by atoms with Crippen LogP contribution in [0.5, 0.6) is 0 Å². The Hall–Kier alpha value is -1.28. The molecule has 0 radical (unpaired) electrons. The maximum Gasteiger partial charge on any atom is 0.0474 e. The second-order valence-corrected chi connectivity index (χ2v) is 6.45. The molecule has 0 saturated carbocycles. The first-order valence-corrected chi connectivity index (χ1v) is 7.86. The normalized spacial score (nSPS) is 22.4.